The van der Waals surface area contributed by atoms with E-state index in [0.29, 0.717) is 18.3 Å². The number of carbonyl (C=O) groups excluding carboxylic acids is 1. The lowest BCUT2D eigenvalue weighted by Gasteiger charge is -2.34. The van der Waals surface area contributed by atoms with Gasteiger partial charge in [-0.25, -0.2) is 0 Å². The van der Waals surface area contributed by atoms with Crippen molar-refractivity contribution in [1.29, 1.82) is 0 Å². The van der Waals surface area contributed by atoms with Crippen LogP contribution in [0.25, 0.3) is 0 Å². The van der Waals surface area contributed by atoms with Crippen molar-refractivity contribution in [2.45, 2.75) is 20.4 Å². The molecule has 0 spiro atoms. The van der Waals surface area contributed by atoms with Gasteiger partial charge < -0.3 is 9.32 Å². The van der Waals surface area contributed by atoms with Crippen LogP contribution in [0.1, 0.15) is 27.7 Å². The summed E-state index contributed by atoms with van der Waals surface area (Å²) in [6.45, 7) is 7.49. The molecule has 1 fully saturated rings. The van der Waals surface area contributed by atoms with Crippen LogP contribution in [-0.4, -0.2) is 52.1 Å². The Balaban J connectivity index is 1.57. The van der Waals surface area contributed by atoms with Gasteiger partial charge in [0.05, 0.1) is 6.54 Å². The molecule has 0 bridgehead atoms. The van der Waals surface area contributed by atoms with Gasteiger partial charge in [-0.2, -0.15) is 0 Å². The van der Waals surface area contributed by atoms with E-state index in [1.807, 2.05) is 36.1 Å². The lowest BCUT2D eigenvalue weighted by atomic mass is 10.1. The van der Waals surface area contributed by atoms with Crippen LogP contribution < -0.4 is 0 Å². The SMILES string of the molecule is Cc1nnc(CN2CCN(C(=O)c3ccccc3C)CC2)o1. The van der Waals surface area contributed by atoms with Crippen LogP contribution in [0, 0.1) is 13.8 Å². The van der Waals surface area contributed by atoms with E-state index in [0.717, 1.165) is 37.3 Å². The normalized spacial score (nSPS) is 16.0. The third-order valence-electron chi connectivity index (χ3n) is 3.96. The Hall–Kier alpha value is -2.21. The summed E-state index contributed by atoms with van der Waals surface area (Å²) in [6.07, 6.45) is 0. The Morgan fingerprint density at radius 3 is 2.50 bits per heavy atom. The molecule has 0 atom stereocenters. The molecular weight excluding hydrogens is 280 g/mol. The minimum absolute atomic E-state index is 0.117. The topological polar surface area (TPSA) is 62.5 Å². The largest absolute Gasteiger partial charge is 0.424 e. The van der Waals surface area contributed by atoms with Crippen molar-refractivity contribution < 1.29 is 9.21 Å². The highest BCUT2D eigenvalue weighted by atomic mass is 16.4. The van der Waals surface area contributed by atoms with E-state index in [2.05, 4.69) is 15.1 Å². The van der Waals surface area contributed by atoms with Crippen molar-refractivity contribution in [3.63, 3.8) is 0 Å². The highest BCUT2D eigenvalue weighted by Gasteiger charge is 2.23. The van der Waals surface area contributed by atoms with E-state index in [-0.39, 0.29) is 5.91 Å². The molecule has 0 unspecified atom stereocenters. The number of aryl methyl sites for hydroxylation is 2. The van der Waals surface area contributed by atoms with Crippen molar-refractivity contribution >= 4 is 5.91 Å². The molecule has 116 valence electrons. The van der Waals surface area contributed by atoms with Gasteiger partial charge in [0, 0.05) is 38.7 Å². The van der Waals surface area contributed by atoms with Crippen LogP contribution >= 0.6 is 0 Å². The molecule has 0 N–H and O–H groups in total. The molecular formula is C16H20N4O2. The average Bonchev–Trinajstić information content (AvgIpc) is 2.93. The summed E-state index contributed by atoms with van der Waals surface area (Å²) in [5.41, 5.74) is 1.82. The van der Waals surface area contributed by atoms with Crippen molar-refractivity contribution in [3.05, 3.63) is 47.2 Å². The first-order valence-corrected chi connectivity index (χ1v) is 7.50. The summed E-state index contributed by atoms with van der Waals surface area (Å²) < 4.78 is 5.40. The average molecular weight is 300 g/mol. The highest BCUT2D eigenvalue weighted by Crippen LogP contribution is 2.14. The Morgan fingerprint density at radius 2 is 1.86 bits per heavy atom. The molecule has 2 aromatic rings. The minimum atomic E-state index is 0.117. The molecule has 1 aromatic carbocycles. The summed E-state index contributed by atoms with van der Waals surface area (Å²) in [6, 6.07) is 7.73. The van der Waals surface area contributed by atoms with Gasteiger partial charge in [0.25, 0.3) is 5.91 Å². The van der Waals surface area contributed by atoms with Crippen molar-refractivity contribution in [3.8, 4) is 0 Å². The molecule has 0 saturated carbocycles. The van der Waals surface area contributed by atoms with Crippen LogP contribution in [0.4, 0.5) is 0 Å². The highest BCUT2D eigenvalue weighted by molar-refractivity contribution is 5.95. The molecule has 1 aromatic heterocycles. The number of carbonyl (C=O) groups is 1. The summed E-state index contributed by atoms with van der Waals surface area (Å²) >= 11 is 0. The van der Waals surface area contributed by atoms with Crippen LogP contribution in [0.3, 0.4) is 0 Å². The number of hydrogen-bond donors (Lipinski definition) is 0. The van der Waals surface area contributed by atoms with Crippen molar-refractivity contribution in [2.24, 2.45) is 0 Å². The van der Waals surface area contributed by atoms with Crippen molar-refractivity contribution in [2.75, 3.05) is 26.2 Å². The van der Waals surface area contributed by atoms with Crippen molar-refractivity contribution in [1.82, 2.24) is 20.0 Å². The quantitative estimate of drug-likeness (QED) is 0.862. The second-order valence-corrected chi connectivity index (χ2v) is 5.60. The second-order valence-electron chi connectivity index (χ2n) is 5.60. The standard InChI is InChI=1S/C16H20N4O2/c1-12-5-3-4-6-14(12)16(21)20-9-7-19(8-10-20)11-15-18-17-13(2)22-15/h3-6H,7-11H2,1-2H3. The second kappa shape index (κ2) is 6.27. The minimum Gasteiger partial charge on any atom is -0.424 e. The fraction of sp³-hybridized carbons (Fsp3) is 0.438. The van der Waals surface area contributed by atoms with Crippen LogP contribution in [0.2, 0.25) is 0 Å². The first-order chi connectivity index (χ1) is 10.6. The lowest BCUT2D eigenvalue weighted by Crippen LogP contribution is -2.48. The summed E-state index contributed by atoms with van der Waals surface area (Å²) in [7, 11) is 0. The van der Waals surface area contributed by atoms with E-state index in [9.17, 15) is 4.79 Å². The van der Waals surface area contributed by atoms with Crippen LogP contribution in [-0.2, 0) is 6.54 Å². The lowest BCUT2D eigenvalue weighted by molar-refractivity contribution is 0.0617. The molecule has 1 aliphatic heterocycles. The third kappa shape index (κ3) is 3.17. The molecule has 22 heavy (non-hydrogen) atoms. The third-order valence-corrected chi connectivity index (χ3v) is 3.96. The van der Waals surface area contributed by atoms with Crippen LogP contribution in [0.15, 0.2) is 28.7 Å². The fourth-order valence-electron chi connectivity index (χ4n) is 2.68. The maximum atomic E-state index is 12.6. The predicted molar refractivity (Wildman–Crippen MR) is 81.4 cm³/mol. The zero-order valence-electron chi connectivity index (χ0n) is 13.0. The number of amides is 1. The summed E-state index contributed by atoms with van der Waals surface area (Å²) in [4.78, 5) is 16.7. The van der Waals surface area contributed by atoms with E-state index in [1.165, 1.54) is 0 Å². The molecule has 0 aliphatic carbocycles. The van der Waals surface area contributed by atoms with E-state index in [4.69, 9.17) is 4.42 Å². The Bertz CT molecular complexity index is 660. The Morgan fingerprint density at radius 1 is 1.14 bits per heavy atom. The number of nitrogens with zero attached hydrogens (tertiary/aromatic N) is 4. The molecule has 0 radical (unpaired) electrons. The zero-order valence-corrected chi connectivity index (χ0v) is 13.0. The number of hydrogen-bond acceptors (Lipinski definition) is 5. The molecule has 3 rings (SSSR count). The monoisotopic (exact) mass is 300 g/mol. The van der Waals surface area contributed by atoms with Gasteiger partial charge in [-0.3, -0.25) is 9.69 Å². The van der Waals surface area contributed by atoms with Gasteiger partial charge in [0.1, 0.15) is 0 Å². The van der Waals surface area contributed by atoms with Gasteiger partial charge >= 0.3 is 0 Å². The first kappa shape index (κ1) is 14.7. The van der Waals surface area contributed by atoms with E-state index in [1.54, 1.807) is 6.92 Å². The number of piperazine rings is 1. The molecule has 1 aliphatic rings. The molecule has 6 nitrogen and oxygen atoms in total. The maximum absolute atomic E-state index is 12.6. The smallest absolute Gasteiger partial charge is 0.254 e. The summed E-state index contributed by atoms with van der Waals surface area (Å²) in [5, 5.41) is 7.85. The number of aromatic nitrogens is 2. The van der Waals surface area contributed by atoms with E-state index < -0.39 is 0 Å². The van der Waals surface area contributed by atoms with Gasteiger partial charge in [-0.1, -0.05) is 18.2 Å². The first-order valence-electron chi connectivity index (χ1n) is 7.50. The Kier molecular flexibility index (Phi) is 4.20. The molecule has 6 heteroatoms. The molecule has 1 amide bonds. The molecule has 2 heterocycles. The number of rotatable bonds is 3. The van der Waals surface area contributed by atoms with Gasteiger partial charge in [0.15, 0.2) is 0 Å². The number of benzene rings is 1. The summed E-state index contributed by atoms with van der Waals surface area (Å²) in [5.74, 6) is 1.34. The van der Waals surface area contributed by atoms with Gasteiger partial charge in [0.2, 0.25) is 11.8 Å². The van der Waals surface area contributed by atoms with E-state index >= 15 is 0 Å². The fourth-order valence-corrected chi connectivity index (χ4v) is 2.68. The zero-order chi connectivity index (χ0) is 15.5. The maximum Gasteiger partial charge on any atom is 0.254 e. The predicted octanol–water partition coefficient (Wildman–Crippen LogP) is 1.64. The van der Waals surface area contributed by atoms with Crippen LogP contribution in [0.5, 0.6) is 0 Å². The van der Waals surface area contributed by atoms with Gasteiger partial charge in [-0.05, 0) is 18.6 Å². The molecule has 1 saturated heterocycles. The van der Waals surface area contributed by atoms with Gasteiger partial charge in [-0.15, -0.1) is 10.2 Å². The Labute approximate surface area is 129 Å².